The fraction of sp³-hybridized carbons (Fsp3) is 0.200. The van der Waals surface area contributed by atoms with Gasteiger partial charge in [0.2, 0.25) is 5.91 Å². The van der Waals surface area contributed by atoms with Gasteiger partial charge in [-0.15, -0.1) is 0 Å². The molecular weight excluding hydrogens is 416 g/mol. The van der Waals surface area contributed by atoms with Gasteiger partial charge in [-0.3, -0.25) is 4.79 Å². The molecule has 166 valence electrons. The lowest BCUT2D eigenvalue weighted by molar-refractivity contribution is -0.114. The van der Waals surface area contributed by atoms with Crippen molar-refractivity contribution in [1.29, 1.82) is 0 Å². The van der Waals surface area contributed by atoms with Crippen molar-refractivity contribution in [3.8, 4) is 11.3 Å². The summed E-state index contributed by atoms with van der Waals surface area (Å²) in [5.74, 6) is 0.184. The van der Waals surface area contributed by atoms with Gasteiger partial charge in [0.05, 0.1) is 24.1 Å². The van der Waals surface area contributed by atoms with Gasteiger partial charge >= 0.3 is 0 Å². The molecule has 1 aliphatic rings. The predicted molar refractivity (Wildman–Crippen MR) is 127 cm³/mol. The third-order valence-corrected chi connectivity index (χ3v) is 6.14. The van der Waals surface area contributed by atoms with E-state index < -0.39 is 5.54 Å². The molecule has 0 saturated heterocycles. The lowest BCUT2D eigenvalue weighted by Gasteiger charge is -2.27. The van der Waals surface area contributed by atoms with E-state index in [0.717, 1.165) is 29.7 Å². The third-order valence-electron chi connectivity index (χ3n) is 6.14. The Labute approximate surface area is 191 Å². The van der Waals surface area contributed by atoms with Crippen molar-refractivity contribution >= 4 is 28.4 Å². The summed E-state index contributed by atoms with van der Waals surface area (Å²) in [6.07, 6.45) is 4.47. The molecular formula is C25H24N6O2. The Bertz CT molecular complexity index is 1330. The van der Waals surface area contributed by atoms with Crippen molar-refractivity contribution in [2.75, 3.05) is 17.2 Å². The molecule has 0 spiro atoms. The number of nitrogens with two attached hydrogens (primary N) is 1. The van der Waals surface area contributed by atoms with Crippen LogP contribution in [0.15, 0.2) is 73.6 Å². The summed E-state index contributed by atoms with van der Waals surface area (Å²) in [7, 11) is 0. The largest absolute Gasteiger partial charge is 0.392 e. The Morgan fingerprint density at radius 1 is 1.15 bits per heavy atom. The Morgan fingerprint density at radius 3 is 2.52 bits per heavy atom. The number of amides is 1. The number of aromatic nitrogens is 4. The molecule has 2 aromatic heterocycles. The summed E-state index contributed by atoms with van der Waals surface area (Å²) < 4.78 is 1.90. The number of aliphatic hydroxyl groups is 1. The number of fused-ring (bicyclic) bond motifs is 1. The highest BCUT2D eigenvalue weighted by atomic mass is 16.3. The smallest absolute Gasteiger partial charge is 0.250 e. The average molecular weight is 441 g/mol. The van der Waals surface area contributed by atoms with Crippen LogP contribution in [0.4, 0.5) is 11.5 Å². The van der Waals surface area contributed by atoms with Gasteiger partial charge in [-0.1, -0.05) is 49.0 Å². The minimum atomic E-state index is -0.406. The maximum absolute atomic E-state index is 12.8. The van der Waals surface area contributed by atoms with Crippen LogP contribution >= 0.6 is 0 Å². The number of rotatable bonds is 7. The highest BCUT2D eigenvalue weighted by Gasteiger charge is 2.49. The van der Waals surface area contributed by atoms with E-state index in [1.807, 2.05) is 59.3 Å². The number of nitrogen functional groups attached to an aromatic ring is 1. The van der Waals surface area contributed by atoms with Crippen LogP contribution in [0.5, 0.6) is 0 Å². The number of benzene rings is 2. The molecule has 1 fully saturated rings. The molecule has 2 heterocycles. The van der Waals surface area contributed by atoms with E-state index in [9.17, 15) is 9.90 Å². The Kier molecular flexibility index (Phi) is 5.14. The molecule has 8 nitrogen and oxygen atoms in total. The van der Waals surface area contributed by atoms with E-state index in [1.165, 1.54) is 12.4 Å². The molecule has 8 heteroatoms. The quantitative estimate of drug-likeness (QED) is 0.427. The van der Waals surface area contributed by atoms with E-state index in [2.05, 4.69) is 16.5 Å². The van der Waals surface area contributed by atoms with Crippen LogP contribution in [0.3, 0.4) is 0 Å². The molecule has 0 bridgehead atoms. The van der Waals surface area contributed by atoms with Gasteiger partial charge in [0.25, 0.3) is 0 Å². The molecule has 5 rings (SSSR count). The Hall–Kier alpha value is -4.04. The van der Waals surface area contributed by atoms with Crippen molar-refractivity contribution in [3.05, 3.63) is 79.1 Å². The molecule has 0 atom stereocenters. The van der Waals surface area contributed by atoms with Crippen molar-refractivity contribution in [3.63, 3.8) is 0 Å². The number of hydrogen-bond acceptors (Lipinski definition) is 6. The first-order valence-corrected chi connectivity index (χ1v) is 10.8. The first-order valence-electron chi connectivity index (χ1n) is 10.8. The van der Waals surface area contributed by atoms with Crippen molar-refractivity contribution < 1.29 is 9.90 Å². The van der Waals surface area contributed by atoms with E-state index in [0.29, 0.717) is 29.1 Å². The van der Waals surface area contributed by atoms with E-state index in [4.69, 9.17) is 10.8 Å². The first kappa shape index (κ1) is 20.8. The highest BCUT2D eigenvalue weighted by Crippen LogP contribution is 2.47. The second-order valence-corrected chi connectivity index (χ2v) is 8.26. The van der Waals surface area contributed by atoms with Gasteiger partial charge in [-0.25, -0.2) is 14.6 Å². The maximum Gasteiger partial charge on any atom is 0.250 e. The highest BCUT2D eigenvalue weighted by molar-refractivity contribution is 6.01. The van der Waals surface area contributed by atoms with Crippen LogP contribution in [0, 0.1) is 0 Å². The number of carbonyl (C=O) groups is 1. The standard InChI is InChI=1S/C25H24N6O2/c1-2-20(33)30(19-6-4-3-5-7-19)15-25(12-13-25)31-24-21(23(26)27-16-28-24)22(29-31)18-10-8-17(14-32)9-11-18/h2-11,16,32H,1,12-15H2,(H2,26,27,28). The van der Waals surface area contributed by atoms with Gasteiger partial charge in [-0.05, 0) is 36.6 Å². The molecule has 0 unspecified atom stereocenters. The van der Waals surface area contributed by atoms with Gasteiger partial charge in [0.15, 0.2) is 5.65 Å². The molecule has 0 radical (unpaired) electrons. The summed E-state index contributed by atoms with van der Waals surface area (Å²) in [4.78, 5) is 23.2. The minimum absolute atomic E-state index is 0.0313. The van der Waals surface area contributed by atoms with E-state index in [1.54, 1.807) is 4.90 Å². The van der Waals surface area contributed by atoms with Crippen molar-refractivity contribution in [2.24, 2.45) is 0 Å². The number of para-hydroxylation sites is 1. The van der Waals surface area contributed by atoms with Crippen LogP contribution in [0.25, 0.3) is 22.3 Å². The summed E-state index contributed by atoms with van der Waals surface area (Å²) in [5, 5.41) is 15.0. The van der Waals surface area contributed by atoms with Crippen LogP contribution in [-0.2, 0) is 16.9 Å². The molecule has 3 N–H and O–H groups in total. The monoisotopic (exact) mass is 440 g/mol. The second-order valence-electron chi connectivity index (χ2n) is 8.26. The number of hydrogen-bond donors (Lipinski definition) is 2. The first-order chi connectivity index (χ1) is 16.1. The number of aliphatic hydroxyl groups excluding tert-OH is 1. The van der Waals surface area contributed by atoms with Crippen LogP contribution < -0.4 is 10.6 Å². The zero-order valence-corrected chi connectivity index (χ0v) is 18.1. The van der Waals surface area contributed by atoms with Crippen LogP contribution in [0.1, 0.15) is 18.4 Å². The van der Waals surface area contributed by atoms with Crippen LogP contribution in [-0.4, -0.2) is 37.3 Å². The molecule has 1 aliphatic carbocycles. The molecule has 0 aliphatic heterocycles. The maximum atomic E-state index is 12.8. The fourth-order valence-electron chi connectivity index (χ4n) is 4.17. The topological polar surface area (TPSA) is 110 Å². The summed E-state index contributed by atoms with van der Waals surface area (Å²) >= 11 is 0. The summed E-state index contributed by atoms with van der Waals surface area (Å²) in [5.41, 5.74) is 9.65. The summed E-state index contributed by atoms with van der Waals surface area (Å²) in [6, 6.07) is 17.1. The normalized spacial score (nSPS) is 14.2. The fourth-order valence-corrected chi connectivity index (χ4v) is 4.17. The SMILES string of the molecule is C=CC(=O)N(CC1(n2nc(-c3ccc(CO)cc3)c3c(N)ncnc32)CC1)c1ccccc1. The average Bonchev–Trinajstić information content (AvgIpc) is 3.54. The van der Waals surface area contributed by atoms with Gasteiger partial charge < -0.3 is 15.7 Å². The van der Waals surface area contributed by atoms with E-state index >= 15 is 0 Å². The number of anilines is 2. The zero-order valence-electron chi connectivity index (χ0n) is 18.1. The van der Waals surface area contributed by atoms with Gasteiger partial charge in [0, 0.05) is 11.3 Å². The lowest BCUT2D eigenvalue weighted by atomic mass is 10.1. The molecule has 1 amide bonds. The minimum Gasteiger partial charge on any atom is -0.392 e. The predicted octanol–water partition coefficient (Wildman–Crippen LogP) is 3.28. The molecule has 1 saturated carbocycles. The van der Waals surface area contributed by atoms with Crippen molar-refractivity contribution in [1.82, 2.24) is 19.7 Å². The van der Waals surface area contributed by atoms with Gasteiger partial charge in [-0.2, -0.15) is 5.10 Å². The second kappa shape index (κ2) is 8.14. The molecule has 33 heavy (non-hydrogen) atoms. The molecule has 4 aromatic rings. The number of nitrogens with zero attached hydrogens (tertiary/aromatic N) is 5. The molecule has 2 aromatic carbocycles. The Balaban J connectivity index is 1.61. The van der Waals surface area contributed by atoms with E-state index in [-0.39, 0.29) is 12.5 Å². The van der Waals surface area contributed by atoms with Crippen LogP contribution in [0.2, 0.25) is 0 Å². The summed E-state index contributed by atoms with van der Waals surface area (Å²) in [6.45, 7) is 4.09. The van der Waals surface area contributed by atoms with Crippen molar-refractivity contribution in [2.45, 2.75) is 25.0 Å². The Morgan fingerprint density at radius 2 is 1.88 bits per heavy atom. The lowest BCUT2D eigenvalue weighted by Crippen LogP contribution is -2.39. The van der Waals surface area contributed by atoms with Gasteiger partial charge in [0.1, 0.15) is 17.8 Å². The third kappa shape index (κ3) is 3.64. The zero-order chi connectivity index (χ0) is 23.0. The number of carbonyl (C=O) groups excluding carboxylic acids is 1.